The van der Waals surface area contributed by atoms with Gasteiger partial charge in [0.05, 0.1) is 0 Å². The van der Waals surface area contributed by atoms with Gasteiger partial charge in [0, 0.05) is 36.3 Å². The summed E-state index contributed by atoms with van der Waals surface area (Å²) in [5.41, 5.74) is 1.84. The Labute approximate surface area is 148 Å². The van der Waals surface area contributed by atoms with Crippen molar-refractivity contribution in [2.45, 2.75) is 45.9 Å². The van der Waals surface area contributed by atoms with E-state index in [4.69, 9.17) is 4.74 Å². The maximum atomic E-state index is 12.2. The van der Waals surface area contributed by atoms with Crippen LogP contribution in [0.25, 0.3) is 0 Å². The Morgan fingerprint density at radius 3 is 2.68 bits per heavy atom. The van der Waals surface area contributed by atoms with E-state index in [9.17, 15) is 4.79 Å². The van der Waals surface area contributed by atoms with Crippen molar-refractivity contribution in [3.8, 4) is 5.75 Å². The molecule has 3 rings (SSSR count). The second kappa shape index (κ2) is 7.13. The lowest BCUT2D eigenvalue weighted by molar-refractivity contribution is -0.0500. The fourth-order valence-electron chi connectivity index (χ4n) is 3.08. The summed E-state index contributed by atoms with van der Waals surface area (Å²) in [5.74, 6) is 0.871. The molecule has 1 fully saturated rings. The van der Waals surface area contributed by atoms with E-state index in [2.05, 4.69) is 29.5 Å². The molecule has 0 spiro atoms. The van der Waals surface area contributed by atoms with Crippen molar-refractivity contribution in [1.29, 1.82) is 0 Å². The highest BCUT2D eigenvalue weighted by molar-refractivity contribution is 5.74. The van der Waals surface area contributed by atoms with E-state index in [1.807, 2.05) is 49.4 Å². The average molecular weight is 339 g/mol. The van der Waals surface area contributed by atoms with Crippen LogP contribution >= 0.6 is 0 Å². The molecule has 1 aromatic heterocycles. The largest absolute Gasteiger partial charge is 0.490 e. The molecule has 0 bridgehead atoms. The molecule has 25 heavy (non-hydrogen) atoms. The highest BCUT2D eigenvalue weighted by Crippen LogP contribution is 2.43. The molecule has 0 saturated heterocycles. The van der Waals surface area contributed by atoms with Gasteiger partial charge < -0.3 is 15.4 Å². The summed E-state index contributed by atoms with van der Waals surface area (Å²) in [5, 5.41) is 5.97. The maximum Gasteiger partial charge on any atom is 0.315 e. The molecule has 2 amide bonds. The minimum absolute atomic E-state index is 0.0937. The van der Waals surface area contributed by atoms with Crippen molar-refractivity contribution >= 4 is 6.03 Å². The Bertz CT molecular complexity index is 731. The predicted molar refractivity (Wildman–Crippen MR) is 97.4 cm³/mol. The molecule has 0 radical (unpaired) electrons. The quantitative estimate of drug-likeness (QED) is 0.877. The molecule has 0 aliphatic heterocycles. The Balaban J connectivity index is 1.49. The van der Waals surface area contributed by atoms with Crippen LogP contribution in [0, 0.1) is 12.3 Å². The van der Waals surface area contributed by atoms with Crippen molar-refractivity contribution in [3.63, 3.8) is 0 Å². The van der Waals surface area contributed by atoms with Crippen LogP contribution in [0.4, 0.5) is 4.79 Å². The summed E-state index contributed by atoms with van der Waals surface area (Å²) >= 11 is 0. The third kappa shape index (κ3) is 3.92. The molecule has 1 aliphatic carbocycles. The number of hydrogen-bond donors (Lipinski definition) is 2. The number of rotatable bonds is 5. The van der Waals surface area contributed by atoms with E-state index in [0.29, 0.717) is 6.54 Å². The predicted octanol–water partition coefficient (Wildman–Crippen LogP) is 3.44. The van der Waals surface area contributed by atoms with Gasteiger partial charge >= 0.3 is 6.03 Å². The first kappa shape index (κ1) is 17.3. The normalized spacial score (nSPS) is 21.1. The van der Waals surface area contributed by atoms with E-state index in [1.165, 1.54) is 0 Å². The van der Waals surface area contributed by atoms with Crippen LogP contribution in [0.2, 0.25) is 0 Å². The third-order valence-corrected chi connectivity index (χ3v) is 5.06. The van der Waals surface area contributed by atoms with E-state index >= 15 is 0 Å². The summed E-state index contributed by atoms with van der Waals surface area (Å²) in [7, 11) is 0. The average Bonchev–Trinajstić information content (AvgIpc) is 2.61. The van der Waals surface area contributed by atoms with Crippen molar-refractivity contribution in [2.24, 2.45) is 5.41 Å². The number of hydrogen-bond acceptors (Lipinski definition) is 3. The smallest absolute Gasteiger partial charge is 0.315 e. The molecule has 0 unspecified atom stereocenters. The summed E-state index contributed by atoms with van der Waals surface area (Å²) in [6, 6.07) is 13.6. The number of para-hydroxylation sites is 1. The lowest BCUT2D eigenvalue weighted by Crippen LogP contribution is -2.64. The number of urea groups is 1. The van der Waals surface area contributed by atoms with Gasteiger partial charge in [-0.3, -0.25) is 4.98 Å². The minimum atomic E-state index is -0.153. The zero-order chi connectivity index (χ0) is 17.9. The highest BCUT2D eigenvalue weighted by Gasteiger charge is 2.50. The van der Waals surface area contributed by atoms with Crippen LogP contribution < -0.4 is 15.4 Å². The van der Waals surface area contributed by atoms with Crippen LogP contribution in [-0.2, 0) is 6.54 Å². The van der Waals surface area contributed by atoms with Crippen molar-refractivity contribution in [1.82, 2.24) is 15.6 Å². The Hall–Kier alpha value is -2.56. The second-order valence-electron chi connectivity index (χ2n) is 7.10. The number of nitrogens with zero attached hydrogens (tertiary/aromatic N) is 1. The number of ether oxygens (including phenoxy) is 1. The number of nitrogens with one attached hydrogen (secondary N) is 2. The van der Waals surface area contributed by atoms with Crippen LogP contribution in [0.3, 0.4) is 0 Å². The number of aromatic nitrogens is 1. The van der Waals surface area contributed by atoms with E-state index in [0.717, 1.165) is 23.4 Å². The van der Waals surface area contributed by atoms with Crippen LogP contribution in [0.5, 0.6) is 5.75 Å². The molecule has 5 heteroatoms. The summed E-state index contributed by atoms with van der Waals surface area (Å²) in [6.07, 6.45) is 2.66. The molecule has 132 valence electrons. The van der Waals surface area contributed by atoms with Gasteiger partial charge in [-0.05, 0) is 30.7 Å². The van der Waals surface area contributed by atoms with Gasteiger partial charge in [0.25, 0.3) is 0 Å². The summed E-state index contributed by atoms with van der Waals surface area (Å²) in [4.78, 5) is 16.4. The molecular weight excluding hydrogens is 314 g/mol. The molecule has 1 saturated carbocycles. The molecule has 2 atom stereocenters. The molecule has 1 aliphatic rings. The van der Waals surface area contributed by atoms with E-state index in [-0.39, 0.29) is 23.6 Å². The first-order valence-corrected chi connectivity index (χ1v) is 8.63. The minimum Gasteiger partial charge on any atom is -0.490 e. The monoisotopic (exact) mass is 339 g/mol. The van der Waals surface area contributed by atoms with Crippen LogP contribution in [0.15, 0.2) is 48.7 Å². The number of pyridine rings is 1. The first-order chi connectivity index (χ1) is 12.0. The molecule has 1 aromatic carbocycles. The maximum absolute atomic E-state index is 12.2. The SMILES string of the molecule is Cc1ncccc1CNC(=O)N[C@H]1C[C@@H](Oc2ccccc2)C1(C)C. The number of benzene rings is 1. The van der Waals surface area contributed by atoms with Gasteiger partial charge in [-0.1, -0.05) is 38.1 Å². The summed E-state index contributed by atoms with van der Waals surface area (Å²) in [6.45, 7) is 6.67. The van der Waals surface area contributed by atoms with Gasteiger partial charge in [0.2, 0.25) is 0 Å². The molecule has 5 nitrogen and oxygen atoms in total. The lowest BCUT2D eigenvalue weighted by Gasteiger charge is -2.51. The number of carbonyl (C=O) groups excluding carboxylic acids is 1. The standard InChI is InChI=1S/C20H25N3O2/c1-14-15(8-7-11-21-14)13-22-19(24)23-17-12-18(20(17,2)3)25-16-9-5-4-6-10-16/h4-11,17-18H,12-13H2,1-3H3,(H2,22,23,24)/t17-,18+/m0/s1. The number of aryl methyl sites for hydroxylation is 1. The fraction of sp³-hybridized carbons (Fsp3) is 0.400. The lowest BCUT2D eigenvalue weighted by atomic mass is 9.64. The zero-order valence-electron chi connectivity index (χ0n) is 15.0. The zero-order valence-corrected chi connectivity index (χ0v) is 15.0. The van der Waals surface area contributed by atoms with Gasteiger partial charge in [-0.2, -0.15) is 0 Å². The third-order valence-electron chi connectivity index (χ3n) is 5.06. The Kier molecular flexibility index (Phi) is 4.93. The second-order valence-corrected chi connectivity index (χ2v) is 7.10. The van der Waals surface area contributed by atoms with Crippen LogP contribution in [-0.4, -0.2) is 23.2 Å². The van der Waals surface area contributed by atoms with Crippen molar-refractivity contribution < 1.29 is 9.53 Å². The van der Waals surface area contributed by atoms with Crippen molar-refractivity contribution in [3.05, 3.63) is 59.9 Å². The van der Waals surface area contributed by atoms with E-state index < -0.39 is 0 Å². The number of amides is 2. The fourth-order valence-corrected chi connectivity index (χ4v) is 3.08. The molecule has 1 heterocycles. The molecule has 2 N–H and O–H groups in total. The molecular formula is C20H25N3O2. The highest BCUT2D eigenvalue weighted by atomic mass is 16.5. The topological polar surface area (TPSA) is 63.2 Å². The van der Waals surface area contributed by atoms with Crippen molar-refractivity contribution in [2.75, 3.05) is 0 Å². The van der Waals surface area contributed by atoms with Gasteiger partial charge in [0.1, 0.15) is 11.9 Å². The van der Waals surface area contributed by atoms with Gasteiger partial charge in [-0.25, -0.2) is 4.79 Å². The Morgan fingerprint density at radius 2 is 2.00 bits per heavy atom. The van der Waals surface area contributed by atoms with Crippen LogP contribution in [0.1, 0.15) is 31.5 Å². The van der Waals surface area contributed by atoms with E-state index in [1.54, 1.807) is 6.20 Å². The summed E-state index contributed by atoms with van der Waals surface area (Å²) < 4.78 is 6.04. The van der Waals surface area contributed by atoms with Gasteiger partial charge in [-0.15, -0.1) is 0 Å². The first-order valence-electron chi connectivity index (χ1n) is 8.63. The number of carbonyl (C=O) groups is 1. The molecule has 2 aromatic rings. The van der Waals surface area contributed by atoms with Gasteiger partial charge in [0.15, 0.2) is 0 Å². The Morgan fingerprint density at radius 1 is 1.24 bits per heavy atom.